The highest BCUT2D eigenvalue weighted by Crippen LogP contribution is 2.37. The molecule has 3 heteroatoms. The van der Waals surface area contributed by atoms with Gasteiger partial charge in [0.2, 0.25) is 0 Å². The van der Waals surface area contributed by atoms with Gasteiger partial charge in [-0.05, 0) is 26.2 Å². The van der Waals surface area contributed by atoms with Crippen LogP contribution in [0.1, 0.15) is 33.3 Å². The van der Waals surface area contributed by atoms with E-state index in [-0.39, 0.29) is 18.1 Å². The predicted molar refractivity (Wildman–Crippen MR) is 71.5 cm³/mol. The van der Waals surface area contributed by atoms with Crippen molar-refractivity contribution in [3.8, 4) is 0 Å². The second-order valence-electron chi connectivity index (χ2n) is 6.07. The van der Waals surface area contributed by atoms with Gasteiger partial charge in [-0.25, -0.2) is 0 Å². The second kappa shape index (κ2) is 4.15. The minimum atomic E-state index is -0.237. The van der Waals surface area contributed by atoms with Crippen molar-refractivity contribution in [3.63, 3.8) is 0 Å². The van der Waals surface area contributed by atoms with Crippen LogP contribution in [0.3, 0.4) is 0 Å². The van der Waals surface area contributed by atoms with Gasteiger partial charge in [0.1, 0.15) is 0 Å². The quantitative estimate of drug-likeness (QED) is 0.693. The molecule has 0 unspecified atom stereocenters. The highest BCUT2D eigenvalue weighted by Gasteiger charge is 2.46. The Hall–Kier alpha value is -0.795. The molecule has 1 aromatic rings. The minimum Gasteiger partial charge on any atom is -0.407 e. The fraction of sp³-hybridized carbons (Fsp3) is 0.571. The lowest BCUT2D eigenvalue weighted by atomic mass is 9.69. The largest absolute Gasteiger partial charge is 0.494 e. The third kappa shape index (κ3) is 2.40. The number of benzene rings is 1. The maximum atomic E-state index is 6.09. The standard InChI is InChI=1S/C14H21BO2/c1-11-6-8-12(9-7-11)15-16-10-13(2,3)14(4,5)17-15/h6-9H,10H2,1-5H3. The van der Waals surface area contributed by atoms with Gasteiger partial charge < -0.3 is 9.31 Å². The van der Waals surface area contributed by atoms with Crippen LogP contribution in [0.2, 0.25) is 0 Å². The Morgan fingerprint density at radius 3 is 2.18 bits per heavy atom. The van der Waals surface area contributed by atoms with Crippen molar-refractivity contribution in [3.05, 3.63) is 29.8 Å². The summed E-state index contributed by atoms with van der Waals surface area (Å²) in [4.78, 5) is 0. The molecule has 1 heterocycles. The summed E-state index contributed by atoms with van der Waals surface area (Å²) in [5.41, 5.74) is 2.21. The summed E-state index contributed by atoms with van der Waals surface area (Å²) in [6.45, 7) is 11.4. The van der Waals surface area contributed by atoms with Crippen LogP contribution in [0.4, 0.5) is 0 Å². The van der Waals surface area contributed by atoms with Gasteiger partial charge in [-0.1, -0.05) is 43.7 Å². The zero-order chi connectivity index (χ0) is 12.7. The number of rotatable bonds is 1. The fourth-order valence-corrected chi connectivity index (χ4v) is 1.81. The maximum Gasteiger partial charge on any atom is 0.494 e. The van der Waals surface area contributed by atoms with Crippen molar-refractivity contribution in [2.45, 2.75) is 40.2 Å². The Bertz CT molecular complexity index is 395. The van der Waals surface area contributed by atoms with Crippen LogP contribution in [0.15, 0.2) is 24.3 Å². The molecule has 17 heavy (non-hydrogen) atoms. The molecule has 92 valence electrons. The van der Waals surface area contributed by atoms with Crippen molar-refractivity contribution < 1.29 is 9.31 Å². The van der Waals surface area contributed by atoms with E-state index in [0.29, 0.717) is 0 Å². The van der Waals surface area contributed by atoms with Gasteiger partial charge in [-0.2, -0.15) is 0 Å². The Kier molecular flexibility index (Phi) is 3.09. The van der Waals surface area contributed by atoms with E-state index >= 15 is 0 Å². The first-order valence-corrected chi connectivity index (χ1v) is 6.18. The van der Waals surface area contributed by atoms with Crippen molar-refractivity contribution in [2.24, 2.45) is 5.41 Å². The molecule has 0 aliphatic carbocycles. The van der Waals surface area contributed by atoms with Crippen LogP contribution >= 0.6 is 0 Å². The smallest absolute Gasteiger partial charge is 0.407 e. The van der Waals surface area contributed by atoms with E-state index in [2.05, 4.69) is 58.9 Å². The summed E-state index contributed by atoms with van der Waals surface area (Å²) in [6.07, 6.45) is 0. The van der Waals surface area contributed by atoms with Crippen LogP contribution < -0.4 is 5.46 Å². The van der Waals surface area contributed by atoms with Gasteiger partial charge in [-0.15, -0.1) is 0 Å². The summed E-state index contributed by atoms with van der Waals surface area (Å²) >= 11 is 0. The number of aryl methyl sites for hydroxylation is 1. The van der Waals surface area contributed by atoms with E-state index in [9.17, 15) is 0 Å². The molecule has 1 aliphatic rings. The third-order valence-corrected chi connectivity index (χ3v) is 3.98. The predicted octanol–water partition coefficient (Wildman–Crippen LogP) is 2.54. The van der Waals surface area contributed by atoms with Gasteiger partial charge in [0, 0.05) is 12.0 Å². The Morgan fingerprint density at radius 1 is 1.06 bits per heavy atom. The van der Waals surface area contributed by atoms with E-state index in [1.807, 2.05) is 0 Å². The topological polar surface area (TPSA) is 18.5 Å². The van der Waals surface area contributed by atoms with E-state index in [1.165, 1.54) is 5.56 Å². The van der Waals surface area contributed by atoms with Crippen molar-refractivity contribution in [1.29, 1.82) is 0 Å². The third-order valence-electron chi connectivity index (χ3n) is 3.98. The first-order chi connectivity index (χ1) is 7.82. The number of hydrogen-bond acceptors (Lipinski definition) is 2. The monoisotopic (exact) mass is 232 g/mol. The SMILES string of the molecule is Cc1ccc(B2OCC(C)(C)C(C)(C)O2)cc1. The molecule has 0 atom stereocenters. The Balaban J connectivity index is 2.18. The normalized spacial score (nSPS) is 22.5. The minimum absolute atomic E-state index is 0.0359. The molecule has 2 rings (SSSR count). The lowest BCUT2D eigenvalue weighted by Gasteiger charge is -2.47. The van der Waals surface area contributed by atoms with Crippen LogP contribution in [-0.4, -0.2) is 19.3 Å². The summed E-state index contributed by atoms with van der Waals surface area (Å²) in [5.74, 6) is 0. The lowest BCUT2D eigenvalue weighted by molar-refractivity contribution is -0.0937. The van der Waals surface area contributed by atoms with Gasteiger partial charge in [0.15, 0.2) is 0 Å². The zero-order valence-corrected chi connectivity index (χ0v) is 11.4. The summed E-state index contributed by atoms with van der Waals surface area (Å²) in [7, 11) is -0.237. The fourth-order valence-electron chi connectivity index (χ4n) is 1.81. The van der Waals surface area contributed by atoms with Crippen LogP contribution in [-0.2, 0) is 9.31 Å². The van der Waals surface area contributed by atoms with E-state index in [0.717, 1.165) is 12.1 Å². The van der Waals surface area contributed by atoms with Gasteiger partial charge in [0.05, 0.1) is 5.60 Å². The highest BCUT2D eigenvalue weighted by molar-refractivity contribution is 6.61. The Labute approximate surface area is 104 Å². The molecular weight excluding hydrogens is 211 g/mol. The molecule has 1 saturated heterocycles. The molecule has 0 spiro atoms. The molecule has 2 nitrogen and oxygen atoms in total. The van der Waals surface area contributed by atoms with Crippen molar-refractivity contribution >= 4 is 12.6 Å². The molecule has 1 aromatic carbocycles. The molecule has 0 saturated carbocycles. The molecule has 0 amide bonds. The second-order valence-corrected chi connectivity index (χ2v) is 6.07. The van der Waals surface area contributed by atoms with Crippen LogP contribution in [0, 0.1) is 12.3 Å². The maximum absolute atomic E-state index is 6.09. The molecule has 0 N–H and O–H groups in total. The Morgan fingerprint density at radius 2 is 1.65 bits per heavy atom. The summed E-state index contributed by atoms with van der Waals surface area (Å²) < 4.78 is 11.9. The van der Waals surface area contributed by atoms with E-state index < -0.39 is 0 Å². The average Bonchev–Trinajstić information content (AvgIpc) is 2.23. The molecule has 1 aliphatic heterocycles. The highest BCUT2D eigenvalue weighted by atomic mass is 16.6. The van der Waals surface area contributed by atoms with Gasteiger partial charge >= 0.3 is 7.12 Å². The van der Waals surface area contributed by atoms with Crippen molar-refractivity contribution in [2.75, 3.05) is 6.61 Å². The van der Waals surface area contributed by atoms with E-state index in [4.69, 9.17) is 9.31 Å². The molecule has 0 bridgehead atoms. The van der Waals surface area contributed by atoms with Gasteiger partial charge in [0.25, 0.3) is 0 Å². The lowest BCUT2D eigenvalue weighted by Crippen LogP contribution is -2.58. The van der Waals surface area contributed by atoms with E-state index in [1.54, 1.807) is 0 Å². The average molecular weight is 232 g/mol. The summed E-state index contributed by atoms with van der Waals surface area (Å²) in [6, 6.07) is 8.34. The summed E-state index contributed by atoms with van der Waals surface area (Å²) in [5, 5.41) is 0. The first-order valence-electron chi connectivity index (χ1n) is 6.18. The van der Waals surface area contributed by atoms with Crippen molar-refractivity contribution in [1.82, 2.24) is 0 Å². The molecular formula is C14H21BO2. The molecule has 1 fully saturated rings. The van der Waals surface area contributed by atoms with Crippen LogP contribution in [0.25, 0.3) is 0 Å². The van der Waals surface area contributed by atoms with Crippen LogP contribution in [0.5, 0.6) is 0 Å². The molecule has 0 radical (unpaired) electrons. The first kappa shape index (κ1) is 12.7. The van der Waals surface area contributed by atoms with Gasteiger partial charge in [-0.3, -0.25) is 0 Å². The number of hydrogen-bond donors (Lipinski definition) is 0. The molecule has 0 aromatic heterocycles. The zero-order valence-electron chi connectivity index (χ0n) is 11.4.